The third-order valence-electron chi connectivity index (χ3n) is 8.73. The Labute approximate surface area is 273 Å². The number of amides is 2. The summed E-state index contributed by atoms with van der Waals surface area (Å²) < 4.78 is 0. The summed E-state index contributed by atoms with van der Waals surface area (Å²) in [5.41, 5.74) is 10.8. The van der Waals surface area contributed by atoms with Crippen molar-refractivity contribution in [3.8, 4) is 0 Å². The number of carbonyl (C=O) groups is 4. The number of carboxylic acid groups (broad SMARTS) is 2. The fraction of sp³-hybridized carbons (Fsp3) is 0.371. The van der Waals surface area contributed by atoms with Gasteiger partial charge in [0.05, 0.1) is 5.70 Å². The summed E-state index contributed by atoms with van der Waals surface area (Å²) in [5, 5.41) is 24.9. The van der Waals surface area contributed by atoms with Crippen molar-refractivity contribution in [1.82, 2.24) is 20.6 Å². The molecule has 0 radical (unpaired) electrons. The summed E-state index contributed by atoms with van der Waals surface area (Å²) in [4.78, 5) is 55.3. The highest BCUT2D eigenvalue weighted by Gasteiger charge is 2.29. The summed E-state index contributed by atoms with van der Waals surface area (Å²) >= 11 is 1.70. The van der Waals surface area contributed by atoms with Gasteiger partial charge in [0.2, 0.25) is 0 Å². The molecule has 0 fully saturated rings. The van der Waals surface area contributed by atoms with E-state index in [2.05, 4.69) is 34.1 Å². The van der Waals surface area contributed by atoms with Crippen LogP contribution in [-0.4, -0.2) is 54.9 Å². The molecule has 6 N–H and O–H groups in total. The molecule has 1 atom stereocenters. The van der Waals surface area contributed by atoms with Crippen molar-refractivity contribution in [3.05, 3.63) is 91.4 Å². The molecule has 1 unspecified atom stereocenters. The van der Waals surface area contributed by atoms with E-state index in [1.165, 1.54) is 0 Å². The lowest BCUT2D eigenvalue weighted by molar-refractivity contribution is -0.138. The first kappa shape index (κ1) is 34.4. The molecule has 4 rings (SSSR count). The predicted octanol–water partition coefficient (Wildman–Crippen LogP) is 5.49. The zero-order valence-corrected chi connectivity index (χ0v) is 28.0. The first-order valence-corrected chi connectivity index (χ1v) is 16.4. The number of carboxylic acids is 2. The lowest BCUT2D eigenvalue weighted by Crippen LogP contribution is -2.20. The minimum absolute atomic E-state index is 0.0475. The second kappa shape index (κ2) is 14.3. The van der Waals surface area contributed by atoms with Gasteiger partial charge in [0, 0.05) is 69.7 Å². The van der Waals surface area contributed by atoms with Gasteiger partial charge in [0.1, 0.15) is 0 Å². The molecule has 0 aromatic carbocycles. The third-order valence-corrected chi connectivity index (χ3v) is 9.80. The van der Waals surface area contributed by atoms with Crippen LogP contribution in [0.3, 0.4) is 0 Å². The number of thioether (sulfide) groups is 1. The van der Waals surface area contributed by atoms with Crippen molar-refractivity contribution in [2.24, 2.45) is 0 Å². The van der Waals surface area contributed by atoms with E-state index in [0.717, 1.165) is 61.9 Å². The van der Waals surface area contributed by atoms with E-state index in [4.69, 9.17) is 0 Å². The second-order valence-corrected chi connectivity index (χ2v) is 13.2. The van der Waals surface area contributed by atoms with Gasteiger partial charge in [-0.3, -0.25) is 19.2 Å². The fourth-order valence-electron chi connectivity index (χ4n) is 6.19. The Morgan fingerprint density at radius 1 is 0.826 bits per heavy atom. The Hall–Kier alpha value is -4.51. The summed E-state index contributed by atoms with van der Waals surface area (Å²) in [5.74, 6) is -1.24. The Kier molecular flexibility index (Phi) is 10.7. The SMILES string of the molecule is C=CC1=C(C)C(=O)N/C1=C\c1[nH]c(Cc2[nH]c(/C=C3\NC(=O)C(C(C)SCC)=C3C)c(C)c2CCC(=O)O)c(CCC(=O)O)c1C. The Morgan fingerprint density at radius 2 is 1.33 bits per heavy atom. The fourth-order valence-corrected chi connectivity index (χ4v) is 7.14. The molecule has 46 heavy (non-hydrogen) atoms. The summed E-state index contributed by atoms with van der Waals surface area (Å²) in [6.45, 7) is 15.4. The van der Waals surface area contributed by atoms with Crippen LogP contribution >= 0.6 is 11.8 Å². The number of carbonyl (C=O) groups excluding carboxylic acids is 2. The lowest BCUT2D eigenvalue weighted by Gasteiger charge is -2.09. The van der Waals surface area contributed by atoms with E-state index in [0.29, 0.717) is 41.8 Å². The standard InChI is InChI=1S/C35H42N4O6S/c1-8-22-19(5)34(44)39-28(22)15-26-18(4)24(11-13-32(42)43)30(37-26)16-29-23(10-12-31(40)41)17(3)25(36-29)14-27-20(6)33(35(45)38-27)21(7)46-9-2/h8,14-15,21,36-37H,1,9-13,16H2,2-7H3,(H,38,45)(H,39,44)(H,40,41)(H,42,43)/b27-14-,28-15-. The van der Waals surface area contributed by atoms with Crippen LogP contribution < -0.4 is 10.6 Å². The number of nitrogens with one attached hydrogen (secondary N) is 4. The molecule has 0 spiro atoms. The molecule has 2 aliphatic rings. The van der Waals surface area contributed by atoms with Gasteiger partial charge in [-0.25, -0.2) is 0 Å². The van der Waals surface area contributed by atoms with Gasteiger partial charge in [-0.05, 0) is 93.2 Å². The first-order chi connectivity index (χ1) is 21.8. The summed E-state index contributed by atoms with van der Waals surface area (Å²) in [7, 11) is 0. The molecule has 11 heteroatoms. The molecule has 244 valence electrons. The molecule has 4 heterocycles. The highest BCUT2D eigenvalue weighted by atomic mass is 32.2. The van der Waals surface area contributed by atoms with Gasteiger partial charge < -0.3 is 30.8 Å². The van der Waals surface area contributed by atoms with Crippen molar-refractivity contribution in [3.63, 3.8) is 0 Å². The van der Waals surface area contributed by atoms with E-state index in [1.807, 2.05) is 39.8 Å². The predicted molar refractivity (Wildman–Crippen MR) is 181 cm³/mol. The molecule has 0 saturated carbocycles. The molecule has 10 nitrogen and oxygen atoms in total. The Morgan fingerprint density at radius 3 is 1.80 bits per heavy atom. The molecule has 2 amide bonds. The number of aromatic nitrogens is 2. The third kappa shape index (κ3) is 7.14. The van der Waals surface area contributed by atoms with Crippen LogP contribution in [0.4, 0.5) is 0 Å². The van der Waals surface area contributed by atoms with Gasteiger partial charge in [-0.1, -0.05) is 19.6 Å². The van der Waals surface area contributed by atoms with Crippen molar-refractivity contribution < 1.29 is 29.4 Å². The minimum Gasteiger partial charge on any atom is -0.481 e. The lowest BCUT2D eigenvalue weighted by atomic mass is 9.98. The molecule has 2 aromatic heterocycles. The number of H-pyrrole nitrogens is 2. The number of hydrogen-bond acceptors (Lipinski definition) is 5. The average molecular weight is 647 g/mol. The van der Waals surface area contributed by atoms with Crippen molar-refractivity contribution in [2.45, 2.75) is 78.9 Å². The molecule has 2 aromatic rings. The molecule has 0 aliphatic carbocycles. The van der Waals surface area contributed by atoms with Crippen LogP contribution in [0.5, 0.6) is 0 Å². The van der Waals surface area contributed by atoms with E-state index < -0.39 is 11.9 Å². The monoisotopic (exact) mass is 646 g/mol. The molecule has 0 saturated heterocycles. The van der Waals surface area contributed by atoms with E-state index in [-0.39, 0.29) is 29.9 Å². The second-order valence-electron chi connectivity index (χ2n) is 11.6. The molecule has 0 bridgehead atoms. The molecular weight excluding hydrogens is 604 g/mol. The average Bonchev–Trinajstić information content (AvgIpc) is 3.63. The largest absolute Gasteiger partial charge is 0.481 e. The van der Waals surface area contributed by atoms with Crippen LogP contribution in [0.2, 0.25) is 0 Å². The number of aliphatic carboxylic acids is 2. The summed E-state index contributed by atoms with van der Waals surface area (Å²) in [6.07, 6.45) is 6.20. The molecule has 2 aliphatic heterocycles. The van der Waals surface area contributed by atoms with Crippen molar-refractivity contribution in [1.29, 1.82) is 0 Å². The zero-order chi connectivity index (χ0) is 33.9. The van der Waals surface area contributed by atoms with Crippen LogP contribution in [-0.2, 0) is 38.4 Å². The maximum atomic E-state index is 12.9. The first-order valence-electron chi connectivity index (χ1n) is 15.3. The molecular formula is C35H42N4O6S. The van der Waals surface area contributed by atoms with Crippen LogP contribution in [0.25, 0.3) is 12.2 Å². The number of hydrogen-bond donors (Lipinski definition) is 6. The number of rotatable bonds is 14. The van der Waals surface area contributed by atoms with Crippen molar-refractivity contribution in [2.75, 3.05) is 5.75 Å². The van der Waals surface area contributed by atoms with Gasteiger partial charge in [0.15, 0.2) is 0 Å². The van der Waals surface area contributed by atoms with E-state index in [1.54, 1.807) is 24.8 Å². The van der Waals surface area contributed by atoms with Gasteiger partial charge >= 0.3 is 11.9 Å². The van der Waals surface area contributed by atoms with Crippen molar-refractivity contribution >= 4 is 47.7 Å². The number of aromatic amines is 2. The van der Waals surface area contributed by atoms with Crippen LogP contribution in [0, 0.1) is 13.8 Å². The van der Waals surface area contributed by atoms with Gasteiger partial charge in [-0.2, -0.15) is 11.8 Å². The van der Waals surface area contributed by atoms with E-state index >= 15 is 0 Å². The van der Waals surface area contributed by atoms with Crippen LogP contribution in [0.15, 0.2) is 46.3 Å². The maximum Gasteiger partial charge on any atom is 0.303 e. The van der Waals surface area contributed by atoms with Gasteiger partial charge in [-0.15, -0.1) is 0 Å². The summed E-state index contributed by atoms with van der Waals surface area (Å²) in [6, 6.07) is 0. The quantitative estimate of drug-likeness (QED) is 0.158. The van der Waals surface area contributed by atoms with Gasteiger partial charge in [0.25, 0.3) is 11.8 Å². The number of allylic oxidation sites excluding steroid dienone is 2. The highest BCUT2D eigenvalue weighted by molar-refractivity contribution is 8.00. The topological polar surface area (TPSA) is 164 Å². The van der Waals surface area contributed by atoms with Crippen LogP contribution in [0.1, 0.15) is 85.6 Å². The maximum absolute atomic E-state index is 12.9. The highest BCUT2D eigenvalue weighted by Crippen LogP contribution is 2.33. The normalized spacial score (nSPS) is 17.3. The Balaban J connectivity index is 1.79. The van der Waals surface area contributed by atoms with E-state index in [9.17, 15) is 29.4 Å². The zero-order valence-electron chi connectivity index (χ0n) is 27.2. The smallest absolute Gasteiger partial charge is 0.303 e. The minimum atomic E-state index is -0.915. The Bertz CT molecular complexity index is 1750.